The summed E-state index contributed by atoms with van der Waals surface area (Å²) in [6, 6.07) is 22.7. The molecule has 4 aromatic carbocycles. The number of ketones is 1. The summed E-state index contributed by atoms with van der Waals surface area (Å²) in [5, 5.41) is 14.5. The van der Waals surface area contributed by atoms with Crippen LogP contribution in [0, 0.1) is 0 Å². The van der Waals surface area contributed by atoms with E-state index in [-0.39, 0.29) is 16.4 Å². The summed E-state index contributed by atoms with van der Waals surface area (Å²) in [6.07, 6.45) is 8.09. The molecule has 2 aliphatic rings. The Morgan fingerprint density at radius 1 is 0.657 bits per heavy atom. The third kappa shape index (κ3) is 3.53. The van der Waals surface area contributed by atoms with Gasteiger partial charge in [0.2, 0.25) is 5.78 Å². The second-order valence-corrected chi connectivity index (χ2v) is 11.1. The molecule has 1 N–H and O–H groups in total. The Morgan fingerprint density at radius 2 is 1.20 bits per heavy atom. The lowest BCUT2D eigenvalue weighted by Crippen LogP contribution is -1.96. The van der Waals surface area contributed by atoms with Gasteiger partial charge in [0.05, 0.1) is 41.2 Å². The third-order valence-corrected chi connectivity index (χ3v) is 9.09. The zero-order chi connectivity index (χ0) is 24.1. The summed E-state index contributed by atoms with van der Waals surface area (Å²) in [5.74, 6) is -0.237. The molecule has 0 radical (unpaired) electrons. The highest BCUT2D eigenvalue weighted by molar-refractivity contribution is 7.91. The molecule has 0 fully saturated rings. The van der Waals surface area contributed by atoms with E-state index in [0.29, 0.717) is 25.8 Å². The molecule has 35 heavy (non-hydrogen) atoms. The second-order valence-electron chi connectivity index (χ2n) is 8.25. The number of benzene rings is 4. The van der Waals surface area contributed by atoms with E-state index < -0.39 is 21.6 Å². The molecule has 0 spiro atoms. The molecule has 2 atom stereocenters. The van der Waals surface area contributed by atoms with Crippen molar-refractivity contribution in [1.29, 1.82) is 0 Å². The highest BCUT2D eigenvalue weighted by Gasteiger charge is 2.32. The first kappa shape index (κ1) is 21.6. The fraction of sp³-hybridized carbons (Fsp3) is 0. The zero-order valence-corrected chi connectivity index (χ0v) is 19.9. The fourth-order valence-corrected chi connectivity index (χ4v) is 7.03. The summed E-state index contributed by atoms with van der Waals surface area (Å²) < 4.78 is 25.9. The summed E-state index contributed by atoms with van der Waals surface area (Å²) in [4.78, 5) is 14.5. The Hall–Kier alpha value is -3.87. The van der Waals surface area contributed by atoms with E-state index in [4.69, 9.17) is 0 Å². The topological polar surface area (TPSA) is 71.4 Å². The van der Waals surface area contributed by atoms with Gasteiger partial charge in [0.15, 0.2) is 0 Å². The number of hydrogen-bond acceptors (Lipinski definition) is 4. The van der Waals surface area contributed by atoms with Crippen LogP contribution in [0.2, 0.25) is 0 Å². The van der Waals surface area contributed by atoms with Gasteiger partial charge in [0.1, 0.15) is 5.76 Å². The first-order valence-corrected chi connectivity index (χ1v) is 13.3. The van der Waals surface area contributed by atoms with Gasteiger partial charge in [0.25, 0.3) is 0 Å². The maximum Gasteiger partial charge on any atom is 0.203 e. The van der Waals surface area contributed by atoms with Crippen molar-refractivity contribution in [1.82, 2.24) is 0 Å². The number of fused-ring (bicyclic) bond motifs is 4. The molecule has 6 heteroatoms. The van der Waals surface area contributed by atoms with Crippen molar-refractivity contribution in [3.63, 3.8) is 0 Å². The van der Waals surface area contributed by atoms with E-state index in [1.165, 1.54) is 0 Å². The summed E-state index contributed by atoms with van der Waals surface area (Å²) in [5.41, 5.74) is 1.05. The lowest BCUT2D eigenvalue weighted by molar-refractivity contribution is 0.104. The molecule has 6 rings (SSSR count). The van der Waals surface area contributed by atoms with Crippen LogP contribution in [0.5, 0.6) is 0 Å². The molecule has 0 amide bonds. The van der Waals surface area contributed by atoms with Crippen molar-refractivity contribution >= 4 is 54.7 Å². The number of carbonyl (C=O) groups is 1. The number of Topliss-reactive ketones (excluding diaryl/α,β-unsaturated/α-hetero) is 1. The standard InChI is InChI=1S/C29H18O4S2/c30-28-22-14-18-8-4-6-10-20(18)16-26(22)34(32)24(28)12-2-1-3-13-25-29(31)23-15-19-9-5-7-11-21(19)17-27(23)35(25)33/h1-17,30H. The van der Waals surface area contributed by atoms with Crippen LogP contribution in [0.1, 0.15) is 15.9 Å². The van der Waals surface area contributed by atoms with Gasteiger partial charge in [-0.3, -0.25) is 4.79 Å². The van der Waals surface area contributed by atoms with Gasteiger partial charge < -0.3 is 5.11 Å². The minimum absolute atomic E-state index is 0.00156. The SMILES string of the molecule is O=C1C(=CC=CC=CC2=C(O)c3cc4ccccc4cc3S2=O)S(=O)c2cc3ccccc3cc21. The Kier molecular flexibility index (Phi) is 5.20. The quantitative estimate of drug-likeness (QED) is 0.266. The zero-order valence-electron chi connectivity index (χ0n) is 18.3. The summed E-state index contributed by atoms with van der Waals surface area (Å²) in [7, 11) is -3.03. The number of rotatable bonds is 3. The van der Waals surface area contributed by atoms with Gasteiger partial charge in [-0.2, -0.15) is 0 Å². The maximum absolute atomic E-state index is 13.0. The predicted octanol–water partition coefficient (Wildman–Crippen LogP) is 6.34. The van der Waals surface area contributed by atoms with Gasteiger partial charge in [-0.25, -0.2) is 8.42 Å². The van der Waals surface area contributed by atoms with E-state index in [1.54, 1.807) is 36.4 Å². The van der Waals surface area contributed by atoms with Gasteiger partial charge >= 0.3 is 0 Å². The van der Waals surface area contributed by atoms with E-state index in [2.05, 4.69) is 0 Å². The predicted molar refractivity (Wildman–Crippen MR) is 141 cm³/mol. The first-order valence-electron chi connectivity index (χ1n) is 11.0. The van der Waals surface area contributed by atoms with Crippen LogP contribution < -0.4 is 0 Å². The van der Waals surface area contributed by atoms with Crippen LogP contribution in [0.4, 0.5) is 0 Å². The minimum atomic E-state index is -1.54. The van der Waals surface area contributed by atoms with Crippen LogP contribution >= 0.6 is 0 Å². The van der Waals surface area contributed by atoms with Crippen LogP contribution in [-0.2, 0) is 21.6 Å². The summed E-state index contributed by atoms with van der Waals surface area (Å²) in [6.45, 7) is 0. The van der Waals surface area contributed by atoms with Crippen molar-refractivity contribution in [2.24, 2.45) is 0 Å². The Bertz CT molecular complexity index is 1700. The van der Waals surface area contributed by atoms with Crippen molar-refractivity contribution in [2.45, 2.75) is 9.79 Å². The second kappa shape index (κ2) is 8.41. The molecular weight excluding hydrogens is 476 g/mol. The highest BCUT2D eigenvalue weighted by Crippen LogP contribution is 2.38. The number of aliphatic hydroxyl groups is 1. The van der Waals surface area contributed by atoms with Crippen molar-refractivity contribution in [3.05, 3.63) is 124 Å². The smallest absolute Gasteiger partial charge is 0.203 e. The Balaban J connectivity index is 1.25. The van der Waals surface area contributed by atoms with Gasteiger partial charge in [-0.05, 0) is 58.0 Å². The number of carbonyl (C=O) groups excluding carboxylic acids is 1. The highest BCUT2D eigenvalue weighted by atomic mass is 32.2. The van der Waals surface area contributed by atoms with Crippen molar-refractivity contribution in [3.8, 4) is 0 Å². The monoisotopic (exact) mass is 494 g/mol. The molecule has 0 bridgehead atoms. The van der Waals surface area contributed by atoms with Crippen LogP contribution in [0.3, 0.4) is 0 Å². The Morgan fingerprint density at radius 3 is 1.83 bits per heavy atom. The molecule has 2 heterocycles. The fourth-order valence-electron chi connectivity index (χ4n) is 4.41. The van der Waals surface area contributed by atoms with Crippen LogP contribution in [-0.4, -0.2) is 19.3 Å². The van der Waals surface area contributed by atoms with E-state index in [0.717, 1.165) is 21.5 Å². The van der Waals surface area contributed by atoms with Crippen LogP contribution in [0.25, 0.3) is 27.3 Å². The van der Waals surface area contributed by atoms with E-state index in [9.17, 15) is 18.3 Å². The molecule has 2 aliphatic heterocycles. The lowest BCUT2D eigenvalue weighted by Gasteiger charge is -2.02. The molecular formula is C29H18O4S2. The maximum atomic E-state index is 13.0. The third-order valence-electron chi connectivity index (χ3n) is 6.17. The largest absolute Gasteiger partial charge is 0.506 e. The summed E-state index contributed by atoms with van der Waals surface area (Å²) >= 11 is 0. The number of allylic oxidation sites excluding steroid dienone is 6. The molecule has 2 unspecified atom stereocenters. The average molecular weight is 495 g/mol. The van der Waals surface area contributed by atoms with Gasteiger partial charge in [-0.15, -0.1) is 0 Å². The van der Waals surface area contributed by atoms with Gasteiger partial charge in [-0.1, -0.05) is 66.8 Å². The van der Waals surface area contributed by atoms with Crippen molar-refractivity contribution in [2.75, 3.05) is 0 Å². The number of hydrogen-bond donors (Lipinski definition) is 1. The normalized spacial score (nSPS) is 20.7. The molecule has 0 saturated heterocycles. The minimum Gasteiger partial charge on any atom is -0.506 e. The molecule has 4 aromatic rings. The molecule has 4 nitrogen and oxygen atoms in total. The van der Waals surface area contributed by atoms with Gasteiger partial charge in [0, 0.05) is 11.1 Å². The number of aliphatic hydroxyl groups excluding tert-OH is 1. The lowest BCUT2D eigenvalue weighted by atomic mass is 10.0. The van der Waals surface area contributed by atoms with Crippen LogP contribution in [0.15, 0.2) is 123 Å². The van der Waals surface area contributed by atoms with E-state index >= 15 is 0 Å². The van der Waals surface area contributed by atoms with Crippen molar-refractivity contribution < 1.29 is 18.3 Å². The average Bonchev–Trinajstić information content (AvgIpc) is 3.25. The molecule has 170 valence electrons. The Labute approximate surface area is 206 Å². The molecule has 0 aliphatic carbocycles. The first-order chi connectivity index (χ1) is 17.0. The van der Waals surface area contributed by atoms with E-state index in [1.807, 2.05) is 66.7 Å². The molecule has 0 aromatic heterocycles. The molecule has 0 saturated carbocycles.